The third-order valence-corrected chi connectivity index (χ3v) is 6.20. The number of nitrogens with zero attached hydrogens (tertiary/aromatic N) is 4. The first-order valence-corrected chi connectivity index (χ1v) is 14.8. The summed E-state index contributed by atoms with van der Waals surface area (Å²) in [4.78, 5) is 9.27. The first-order valence-electron chi connectivity index (χ1n) is 11.9. The van der Waals surface area contributed by atoms with E-state index >= 15 is 0 Å². The van der Waals surface area contributed by atoms with Gasteiger partial charge in [0.05, 0.1) is 0 Å². The van der Waals surface area contributed by atoms with Crippen molar-refractivity contribution < 1.29 is 18.8 Å². The number of hydrogen-bond acceptors (Lipinski definition) is 4. The quantitative estimate of drug-likeness (QED) is 0.229. The molecule has 0 N–H and O–H groups in total. The average Bonchev–Trinajstić information content (AvgIpc) is 3.46. The van der Waals surface area contributed by atoms with Crippen molar-refractivity contribution in [3.05, 3.63) is 86.1 Å². The van der Waals surface area contributed by atoms with E-state index in [-0.39, 0.29) is 0 Å². The Labute approximate surface area is 219 Å². The summed E-state index contributed by atoms with van der Waals surface area (Å²) in [6.07, 6.45) is 4.73. The van der Waals surface area contributed by atoms with Crippen molar-refractivity contribution >= 4 is 43.5 Å². The summed E-state index contributed by atoms with van der Waals surface area (Å²) in [5.74, 6) is 0. The topological polar surface area (TPSA) is 13.0 Å². The van der Waals surface area contributed by atoms with E-state index in [0.29, 0.717) is 0 Å². The number of para-hydroxylation sites is 4. The van der Waals surface area contributed by atoms with Crippen LogP contribution in [0.2, 0.25) is 0 Å². The fourth-order valence-corrected chi connectivity index (χ4v) is 4.47. The Morgan fingerprint density at radius 3 is 1.47 bits per heavy atom. The Kier molecular flexibility index (Phi) is 8.80. The van der Waals surface area contributed by atoms with E-state index in [4.69, 9.17) is 0 Å². The van der Waals surface area contributed by atoms with Gasteiger partial charge in [-0.1, -0.05) is 51.0 Å². The van der Waals surface area contributed by atoms with Gasteiger partial charge >= 0.3 is 28.2 Å². The van der Waals surface area contributed by atoms with Crippen LogP contribution < -0.4 is 19.6 Å². The van der Waals surface area contributed by atoms with Crippen LogP contribution in [0, 0.1) is 19.4 Å². The van der Waals surface area contributed by atoms with Gasteiger partial charge in [-0.2, -0.15) is 19.4 Å². The third-order valence-electron chi connectivity index (χ3n) is 6.20. The minimum absolute atomic E-state index is 1.03. The molecular formula is C28H31ClN4Pt-3. The Bertz CT molecular complexity index is 995. The van der Waals surface area contributed by atoms with Crippen LogP contribution in [0.3, 0.4) is 0 Å². The van der Waals surface area contributed by atoms with Crippen molar-refractivity contribution in [3.63, 3.8) is 0 Å². The van der Waals surface area contributed by atoms with Crippen LogP contribution >= 0.6 is 9.42 Å². The average molecular weight is 654 g/mol. The van der Waals surface area contributed by atoms with Crippen molar-refractivity contribution in [1.82, 2.24) is 0 Å². The first kappa shape index (κ1) is 24.9. The van der Waals surface area contributed by atoms with Crippen molar-refractivity contribution in [2.45, 2.75) is 39.5 Å². The Morgan fingerprint density at radius 1 is 0.647 bits per heavy atom. The van der Waals surface area contributed by atoms with Crippen molar-refractivity contribution in [3.8, 4) is 0 Å². The van der Waals surface area contributed by atoms with E-state index in [9.17, 15) is 0 Å². The number of benzene rings is 3. The molecule has 3 aromatic rings. The molecule has 0 fully saturated rings. The van der Waals surface area contributed by atoms with Crippen LogP contribution in [0.15, 0.2) is 66.7 Å². The molecular weight excluding hydrogens is 623 g/mol. The summed E-state index contributed by atoms with van der Waals surface area (Å²) in [6.45, 7) is 11.0. The van der Waals surface area contributed by atoms with Gasteiger partial charge in [0.25, 0.3) is 0 Å². The number of fused-ring (bicyclic) bond motifs is 2. The van der Waals surface area contributed by atoms with E-state index in [2.05, 4.69) is 129 Å². The molecule has 183 valence electrons. The number of hydrogen-bond donors (Lipinski definition) is 0. The van der Waals surface area contributed by atoms with Gasteiger partial charge in [0.2, 0.25) is 0 Å². The number of unbranched alkanes of at least 4 members (excludes halogenated alkanes) is 2. The third kappa shape index (κ3) is 5.09. The zero-order chi connectivity index (χ0) is 23.9. The summed E-state index contributed by atoms with van der Waals surface area (Å²) in [5.41, 5.74) is 7.09. The van der Waals surface area contributed by atoms with Gasteiger partial charge in [-0.05, 0) is 50.2 Å². The summed E-state index contributed by atoms with van der Waals surface area (Å²) in [5, 5.41) is 0. The second-order valence-corrected chi connectivity index (χ2v) is 8.46. The molecule has 6 heteroatoms. The number of rotatable bonds is 8. The number of anilines is 6. The fraction of sp³-hybridized carbons (Fsp3) is 0.286. The summed E-state index contributed by atoms with van der Waals surface area (Å²) in [7, 11) is 4.61. The van der Waals surface area contributed by atoms with Crippen molar-refractivity contribution in [2.24, 2.45) is 0 Å². The molecule has 2 aliphatic heterocycles. The standard InChI is InChI=1S/C28H31N4.ClH.Pt/c1-3-5-18-29-21-31(27-16-9-7-14-25(27)29)23-12-11-13-24(20-23)32-22-30(19-6-4-2)26-15-8-10-17-28(26)32;;/h7-17,21-22H,3-6,18-19H2,1-2H3;1H;/q-3;;+1/p-1. The molecule has 0 bridgehead atoms. The second kappa shape index (κ2) is 12.0. The molecule has 0 unspecified atom stereocenters. The zero-order valence-corrected chi connectivity index (χ0v) is 22.8. The van der Waals surface area contributed by atoms with E-state index in [1.165, 1.54) is 48.4 Å². The fourth-order valence-electron chi connectivity index (χ4n) is 4.47. The molecule has 0 atom stereocenters. The predicted molar refractivity (Wildman–Crippen MR) is 141 cm³/mol. The molecule has 0 saturated heterocycles. The maximum atomic E-state index is 4.61. The van der Waals surface area contributed by atoms with Crippen LogP contribution in [-0.4, -0.2) is 13.1 Å². The molecule has 2 aliphatic rings. The van der Waals surface area contributed by atoms with Crippen LogP contribution in [0.25, 0.3) is 0 Å². The Morgan fingerprint density at radius 2 is 1.06 bits per heavy atom. The van der Waals surface area contributed by atoms with E-state index in [1.54, 1.807) is 18.8 Å². The zero-order valence-electron chi connectivity index (χ0n) is 19.7. The normalized spacial score (nSPS) is 14.1. The first-order chi connectivity index (χ1) is 16.8. The molecule has 0 aliphatic carbocycles. The van der Waals surface area contributed by atoms with Crippen LogP contribution in [0.4, 0.5) is 34.1 Å². The molecule has 0 saturated carbocycles. The van der Waals surface area contributed by atoms with Gasteiger partial charge in [-0.25, -0.2) is 0 Å². The van der Waals surface area contributed by atoms with Gasteiger partial charge in [0.15, 0.2) is 0 Å². The van der Waals surface area contributed by atoms with Gasteiger partial charge < -0.3 is 19.6 Å². The minimum atomic E-state index is 1.03. The SMILES string of the molecule is CCCCN1[CH-]N(c2[c-]c(N3[CH-]N(CCCC)c4ccccc43)ccc2)c2ccccc21.[Cl][Pt]. The molecule has 5 rings (SSSR count). The van der Waals surface area contributed by atoms with E-state index in [0.717, 1.165) is 24.5 Å². The molecule has 0 amide bonds. The Hall–Kier alpha value is -2.16. The van der Waals surface area contributed by atoms with Crippen LogP contribution in [-0.2, 0) is 18.8 Å². The predicted octanol–water partition coefficient (Wildman–Crippen LogP) is 7.93. The number of halogens is 1. The molecule has 2 heterocycles. The molecule has 4 nitrogen and oxygen atoms in total. The van der Waals surface area contributed by atoms with Crippen LogP contribution in [0.1, 0.15) is 39.5 Å². The Balaban J connectivity index is 0.00000133. The molecule has 0 spiro atoms. The van der Waals surface area contributed by atoms with Crippen molar-refractivity contribution in [2.75, 3.05) is 32.7 Å². The van der Waals surface area contributed by atoms with Gasteiger partial charge in [-0.15, -0.1) is 29.6 Å². The van der Waals surface area contributed by atoms with Crippen molar-refractivity contribution in [1.29, 1.82) is 0 Å². The van der Waals surface area contributed by atoms with Gasteiger partial charge in [0.1, 0.15) is 0 Å². The summed E-state index contributed by atoms with van der Waals surface area (Å²) >= 11 is 1.61. The summed E-state index contributed by atoms with van der Waals surface area (Å²) < 4.78 is 0. The molecule has 3 aromatic carbocycles. The van der Waals surface area contributed by atoms with Crippen LogP contribution in [0.5, 0.6) is 0 Å². The monoisotopic (exact) mass is 653 g/mol. The molecule has 34 heavy (non-hydrogen) atoms. The molecule has 0 aromatic heterocycles. The van der Waals surface area contributed by atoms with Gasteiger partial charge in [-0.3, -0.25) is 0 Å². The van der Waals surface area contributed by atoms with E-state index in [1.807, 2.05) is 0 Å². The second-order valence-electron chi connectivity index (χ2n) is 8.46. The van der Waals surface area contributed by atoms with E-state index < -0.39 is 0 Å². The van der Waals surface area contributed by atoms with Gasteiger partial charge in [0, 0.05) is 22.7 Å². The maximum absolute atomic E-state index is 4.61. The molecule has 0 radical (unpaired) electrons. The summed E-state index contributed by atoms with van der Waals surface area (Å²) in [6, 6.07) is 27.4.